The maximum absolute atomic E-state index is 11.5. The molecule has 2 atom stereocenters. The Hall–Kier alpha value is -2.16. The van der Waals surface area contributed by atoms with Gasteiger partial charge in [0.15, 0.2) is 0 Å². The number of nitrogens with one attached hydrogen (secondary N) is 2. The highest BCUT2D eigenvalue weighted by atomic mass is 16.4. The summed E-state index contributed by atoms with van der Waals surface area (Å²) in [5, 5.41) is 12.6. The van der Waals surface area contributed by atoms with Crippen LogP contribution in [0.5, 0.6) is 0 Å². The number of carbonyl (C=O) groups is 4. The molecule has 0 aliphatic heterocycles. The number of carboxylic acid groups (broad SMARTS) is 1. The lowest BCUT2D eigenvalue weighted by Crippen LogP contribution is -2.52. The first-order valence-electron chi connectivity index (χ1n) is 5.07. The number of hydrogen-bond donors (Lipinski definition) is 5. The monoisotopic (exact) mass is 260 g/mol. The second kappa shape index (κ2) is 7.22. The first kappa shape index (κ1) is 15.8. The first-order valence-corrected chi connectivity index (χ1v) is 5.07. The molecule has 0 heterocycles. The van der Waals surface area contributed by atoms with Crippen LogP contribution < -0.4 is 22.1 Å². The summed E-state index contributed by atoms with van der Waals surface area (Å²) in [5.74, 6) is -3.52. The van der Waals surface area contributed by atoms with E-state index in [-0.39, 0.29) is 0 Å². The Morgan fingerprint density at radius 1 is 1.22 bits per heavy atom. The van der Waals surface area contributed by atoms with Crippen LogP contribution in [-0.4, -0.2) is 47.4 Å². The van der Waals surface area contributed by atoms with E-state index in [1.165, 1.54) is 6.92 Å². The average Bonchev–Trinajstić information content (AvgIpc) is 2.23. The topological polar surface area (TPSA) is 165 Å². The molecule has 0 aromatic rings. The molecule has 0 aromatic heterocycles. The van der Waals surface area contributed by atoms with E-state index in [9.17, 15) is 19.2 Å². The Bertz CT molecular complexity index is 355. The van der Waals surface area contributed by atoms with Gasteiger partial charge in [0.25, 0.3) is 0 Å². The van der Waals surface area contributed by atoms with Gasteiger partial charge in [0.1, 0.15) is 12.6 Å². The van der Waals surface area contributed by atoms with Gasteiger partial charge in [0.2, 0.25) is 17.7 Å². The van der Waals surface area contributed by atoms with E-state index in [4.69, 9.17) is 16.6 Å². The van der Waals surface area contributed by atoms with E-state index in [2.05, 4.69) is 5.32 Å². The van der Waals surface area contributed by atoms with Gasteiger partial charge in [-0.3, -0.25) is 19.2 Å². The van der Waals surface area contributed by atoms with Crippen molar-refractivity contribution in [2.75, 3.05) is 6.54 Å². The van der Waals surface area contributed by atoms with Crippen LogP contribution in [0.3, 0.4) is 0 Å². The van der Waals surface area contributed by atoms with Crippen LogP contribution in [0, 0.1) is 0 Å². The molecule has 0 radical (unpaired) electrons. The summed E-state index contributed by atoms with van der Waals surface area (Å²) in [6.07, 6.45) is -0.441. The van der Waals surface area contributed by atoms with E-state index in [0.29, 0.717) is 0 Å². The van der Waals surface area contributed by atoms with Gasteiger partial charge in [-0.05, 0) is 6.92 Å². The maximum atomic E-state index is 11.5. The summed E-state index contributed by atoms with van der Waals surface area (Å²) in [6, 6.07) is -2.10. The predicted molar refractivity (Wildman–Crippen MR) is 60.0 cm³/mol. The minimum atomic E-state index is -1.25. The van der Waals surface area contributed by atoms with Gasteiger partial charge in [0, 0.05) is 0 Å². The zero-order chi connectivity index (χ0) is 14.3. The fraction of sp³-hybridized carbons (Fsp3) is 0.556. The molecule has 9 nitrogen and oxygen atoms in total. The highest BCUT2D eigenvalue weighted by Crippen LogP contribution is 1.93. The highest BCUT2D eigenvalue weighted by molar-refractivity contribution is 5.93. The molecular weight excluding hydrogens is 244 g/mol. The van der Waals surface area contributed by atoms with Crippen molar-refractivity contribution in [3.8, 4) is 0 Å². The fourth-order valence-corrected chi connectivity index (χ4v) is 1.000. The second-order valence-electron chi connectivity index (χ2n) is 3.63. The molecular formula is C9H16N4O5. The van der Waals surface area contributed by atoms with Crippen LogP contribution in [0.2, 0.25) is 0 Å². The van der Waals surface area contributed by atoms with Crippen LogP contribution >= 0.6 is 0 Å². The van der Waals surface area contributed by atoms with Crippen molar-refractivity contribution in [3.63, 3.8) is 0 Å². The predicted octanol–water partition coefficient (Wildman–Crippen LogP) is -3.11. The molecule has 0 aliphatic carbocycles. The minimum Gasteiger partial charge on any atom is -0.480 e. The number of nitrogens with two attached hydrogens (primary N) is 2. The Morgan fingerprint density at radius 3 is 2.17 bits per heavy atom. The molecule has 0 aromatic carbocycles. The van der Waals surface area contributed by atoms with Gasteiger partial charge in [-0.15, -0.1) is 0 Å². The molecule has 0 bridgehead atoms. The number of amides is 3. The van der Waals surface area contributed by atoms with Crippen LogP contribution in [0.25, 0.3) is 0 Å². The van der Waals surface area contributed by atoms with Gasteiger partial charge < -0.3 is 27.2 Å². The molecule has 0 spiro atoms. The zero-order valence-electron chi connectivity index (χ0n) is 9.80. The van der Waals surface area contributed by atoms with Gasteiger partial charge in [0.05, 0.1) is 12.5 Å². The lowest BCUT2D eigenvalue weighted by Gasteiger charge is -2.17. The molecule has 9 heteroatoms. The lowest BCUT2D eigenvalue weighted by molar-refractivity contribution is -0.138. The second-order valence-corrected chi connectivity index (χ2v) is 3.63. The third kappa shape index (κ3) is 6.43. The van der Waals surface area contributed by atoms with Crippen molar-refractivity contribution in [3.05, 3.63) is 0 Å². The van der Waals surface area contributed by atoms with Crippen molar-refractivity contribution in [2.24, 2.45) is 11.5 Å². The van der Waals surface area contributed by atoms with Crippen molar-refractivity contribution in [1.82, 2.24) is 10.6 Å². The molecule has 7 N–H and O–H groups in total. The van der Waals surface area contributed by atoms with Gasteiger partial charge >= 0.3 is 5.97 Å². The first-order chi connectivity index (χ1) is 8.23. The Balaban J connectivity index is 4.56. The number of aliphatic carboxylic acids is 1. The third-order valence-electron chi connectivity index (χ3n) is 1.87. The van der Waals surface area contributed by atoms with Crippen molar-refractivity contribution < 1.29 is 24.3 Å². The van der Waals surface area contributed by atoms with Gasteiger partial charge in [-0.25, -0.2) is 0 Å². The number of hydrogen-bond acceptors (Lipinski definition) is 5. The van der Waals surface area contributed by atoms with Gasteiger partial charge in [-0.2, -0.15) is 0 Å². The maximum Gasteiger partial charge on any atom is 0.322 e. The largest absolute Gasteiger partial charge is 0.480 e. The molecule has 0 rings (SSSR count). The molecule has 0 saturated heterocycles. The van der Waals surface area contributed by atoms with Crippen molar-refractivity contribution >= 4 is 23.7 Å². The minimum absolute atomic E-state index is 0.441. The molecule has 102 valence electrons. The SMILES string of the molecule is CC(N)C(=O)NC(CC(N)=O)C(=O)NCC(=O)O. The molecule has 0 aliphatic rings. The third-order valence-corrected chi connectivity index (χ3v) is 1.87. The molecule has 3 amide bonds. The zero-order valence-corrected chi connectivity index (χ0v) is 9.80. The quantitative estimate of drug-likeness (QED) is 0.325. The Morgan fingerprint density at radius 2 is 1.78 bits per heavy atom. The van der Waals surface area contributed by atoms with Gasteiger partial charge in [-0.1, -0.05) is 0 Å². The van der Waals surface area contributed by atoms with E-state index in [0.717, 1.165) is 0 Å². The van der Waals surface area contributed by atoms with E-state index in [1.54, 1.807) is 0 Å². The molecule has 0 saturated carbocycles. The lowest BCUT2D eigenvalue weighted by atomic mass is 10.1. The summed E-state index contributed by atoms with van der Waals surface area (Å²) in [4.78, 5) is 43.8. The van der Waals surface area contributed by atoms with Crippen LogP contribution in [0.1, 0.15) is 13.3 Å². The van der Waals surface area contributed by atoms with Crippen LogP contribution in [-0.2, 0) is 19.2 Å². The summed E-state index contributed by atoms with van der Waals surface area (Å²) in [7, 11) is 0. The number of primary amides is 1. The summed E-state index contributed by atoms with van der Waals surface area (Å²) in [6.45, 7) is 0.772. The normalized spacial score (nSPS) is 13.2. The number of carbonyl (C=O) groups excluding carboxylic acids is 3. The van der Waals surface area contributed by atoms with Crippen molar-refractivity contribution in [2.45, 2.75) is 25.4 Å². The van der Waals surface area contributed by atoms with Crippen LogP contribution in [0.4, 0.5) is 0 Å². The Kier molecular flexibility index (Phi) is 6.35. The molecule has 2 unspecified atom stereocenters. The summed E-state index contributed by atoms with van der Waals surface area (Å²) < 4.78 is 0. The van der Waals surface area contributed by atoms with E-state index in [1.807, 2.05) is 5.32 Å². The fourth-order valence-electron chi connectivity index (χ4n) is 1.000. The molecule has 0 fully saturated rings. The summed E-state index contributed by atoms with van der Waals surface area (Å²) in [5.41, 5.74) is 10.2. The average molecular weight is 260 g/mol. The summed E-state index contributed by atoms with van der Waals surface area (Å²) >= 11 is 0. The smallest absolute Gasteiger partial charge is 0.322 e. The van der Waals surface area contributed by atoms with E-state index >= 15 is 0 Å². The standard InChI is InChI=1S/C9H16N4O5/c1-4(10)8(17)13-5(2-6(11)14)9(18)12-3-7(15)16/h4-5H,2-3,10H2,1H3,(H2,11,14)(H,12,18)(H,13,17)(H,15,16). The van der Waals surface area contributed by atoms with Crippen LogP contribution in [0.15, 0.2) is 0 Å². The highest BCUT2D eigenvalue weighted by Gasteiger charge is 2.24. The van der Waals surface area contributed by atoms with Crippen molar-refractivity contribution in [1.29, 1.82) is 0 Å². The number of rotatable bonds is 7. The Labute approximate surface area is 103 Å². The van der Waals surface area contributed by atoms with E-state index < -0.39 is 48.7 Å². The number of carboxylic acids is 1. The molecule has 18 heavy (non-hydrogen) atoms.